The molecular formula is C17H25NO2. The van der Waals surface area contributed by atoms with E-state index in [1.165, 1.54) is 24.8 Å². The van der Waals surface area contributed by atoms with Crippen LogP contribution in [0.1, 0.15) is 51.5 Å². The van der Waals surface area contributed by atoms with Crippen molar-refractivity contribution in [2.24, 2.45) is 11.1 Å². The summed E-state index contributed by atoms with van der Waals surface area (Å²) in [5, 5.41) is 0. The van der Waals surface area contributed by atoms with E-state index in [1.807, 2.05) is 6.07 Å². The van der Waals surface area contributed by atoms with Crippen LogP contribution in [-0.4, -0.2) is 13.2 Å². The van der Waals surface area contributed by atoms with Gasteiger partial charge in [-0.2, -0.15) is 0 Å². The predicted octanol–water partition coefficient (Wildman–Crippen LogP) is 3.60. The molecule has 0 amide bonds. The zero-order valence-electron chi connectivity index (χ0n) is 12.6. The van der Waals surface area contributed by atoms with E-state index in [0.29, 0.717) is 18.6 Å². The molecule has 0 aromatic heterocycles. The van der Waals surface area contributed by atoms with Gasteiger partial charge in [0.05, 0.1) is 0 Å². The highest BCUT2D eigenvalue weighted by Crippen LogP contribution is 2.43. The summed E-state index contributed by atoms with van der Waals surface area (Å²) < 4.78 is 11.3. The second kappa shape index (κ2) is 4.96. The Morgan fingerprint density at radius 3 is 2.50 bits per heavy atom. The number of fused-ring (bicyclic) bond motifs is 1. The first-order chi connectivity index (χ1) is 9.49. The van der Waals surface area contributed by atoms with Gasteiger partial charge in [0.2, 0.25) is 0 Å². The zero-order valence-corrected chi connectivity index (χ0v) is 12.6. The first-order valence-corrected chi connectivity index (χ1v) is 7.68. The molecule has 1 aromatic rings. The smallest absolute Gasteiger partial charge is 0.161 e. The molecule has 2 aliphatic rings. The monoisotopic (exact) mass is 275 g/mol. The summed E-state index contributed by atoms with van der Waals surface area (Å²) in [4.78, 5) is 0. The number of ether oxygens (including phenoxy) is 2. The van der Waals surface area contributed by atoms with Gasteiger partial charge in [0.1, 0.15) is 13.2 Å². The molecule has 1 aliphatic heterocycles. The zero-order chi connectivity index (χ0) is 14.2. The second-order valence-corrected chi connectivity index (χ2v) is 7.03. The molecule has 0 bridgehead atoms. The average Bonchev–Trinajstić information content (AvgIpc) is 2.58. The molecule has 1 aliphatic carbocycles. The lowest BCUT2D eigenvalue weighted by Gasteiger charge is -2.31. The molecule has 110 valence electrons. The Labute approximate surface area is 121 Å². The van der Waals surface area contributed by atoms with Crippen LogP contribution in [0.2, 0.25) is 0 Å². The quantitative estimate of drug-likeness (QED) is 0.796. The third kappa shape index (κ3) is 2.64. The van der Waals surface area contributed by atoms with Crippen LogP contribution in [0.25, 0.3) is 0 Å². The molecule has 1 fully saturated rings. The van der Waals surface area contributed by atoms with Gasteiger partial charge in [-0.15, -0.1) is 0 Å². The molecule has 3 rings (SSSR count). The first-order valence-electron chi connectivity index (χ1n) is 7.68. The third-order valence-electron chi connectivity index (χ3n) is 4.84. The summed E-state index contributed by atoms with van der Waals surface area (Å²) in [5.41, 5.74) is 8.13. The van der Waals surface area contributed by atoms with Crippen LogP contribution in [0.15, 0.2) is 18.2 Å². The van der Waals surface area contributed by atoms with Gasteiger partial charge in [-0.25, -0.2) is 0 Å². The number of hydrogen-bond acceptors (Lipinski definition) is 3. The van der Waals surface area contributed by atoms with Crippen molar-refractivity contribution < 1.29 is 9.47 Å². The van der Waals surface area contributed by atoms with E-state index in [-0.39, 0.29) is 5.54 Å². The minimum Gasteiger partial charge on any atom is -0.486 e. The van der Waals surface area contributed by atoms with E-state index >= 15 is 0 Å². The van der Waals surface area contributed by atoms with Gasteiger partial charge in [0.15, 0.2) is 11.5 Å². The van der Waals surface area contributed by atoms with E-state index in [0.717, 1.165) is 24.3 Å². The topological polar surface area (TPSA) is 44.5 Å². The van der Waals surface area contributed by atoms with Crippen molar-refractivity contribution in [3.63, 3.8) is 0 Å². The van der Waals surface area contributed by atoms with Crippen LogP contribution < -0.4 is 15.2 Å². The molecule has 1 heterocycles. The molecule has 0 saturated heterocycles. The number of hydrogen-bond donors (Lipinski definition) is 1. The Kier molecular flexibility index (Phi) is 3.41. The predicted molar refractivity (Wildman–Crippen MR) is 80.2 cm³/mol. The van der Waals surface area contributed by atoms with Crippen LogP contribution >= 0.6 is 0 Å². The Balaban J connectivity index is 1.87. The summed E-state index contributed by atoms with van der Waals surface area (Å²) in [7, 11) is 0. The van der Waals surface area contributed by atoms with Crippen LogP contribution in [0.5, 0.6) is 11.5 Å². The number of rotatable bonds is 1. The molecule has 3 nitrogen and oxygen atoms in total. The summed E-state index contributed by atoms with van der Waals surface area (Å²) in [6.07, 6.45) is 5.72. The van der Waals surface area contributed by atoms with E-state index in [1.54, 1.807) is 0 Å². The Morgan fingerprint density at radius 2 is 1.70 bits per heavy atom. The highest BCUT2D eigenvalue weighted by molar-refractivity contribution is 5.45. The Morgan fingerprint density at radius 1 is 0.950 bits per heavy atom. The van der Waals surface area contributed by atoms with E-state index in [9.17, 15) is 0 Å². The van der Waals surface area contributed by atoms with Crippen molar-refractivity contribution in [1.29, 1.82) is 0 Å². The highest BCUT2D eigenvalue weighted by Gasteiger charge is 2.34. The Bertz CT molecular complexity index is 498. The minimum atomic E-state index is -0.219. The van der Waals surface area contributed by atoms with Crippen molar-refractivity contribution >= 4 is 0 Å². The SMILES string of the molecule is CC1(C)CCCC(N)(c2ccc3c(c2)OCCO3)CC1. The largest absolute Gasteiger partial charge is 0.486 e. The highest BCUT2D eigenvalue weighted by atomic mass is 16.6. The fourth-order valence-electron chi connectivity index (χ4n) is 3.34. The van der Waals surface area contributed by atoms with Crippen molar-refractivity contribution in [3.8, 4) is 11.5 Å². The van der Waals surface area contributed by atoms with Gasteiger partial charge in [-0.1, -0.05) is 26.3 Å². The fraction of sp³-hybridized carbons (Fsp3) is 0.647. The maximum atomic E-state index is 6.74. The lowest BCUT2D eigenvalue weighted by Crippen LogP contribution is -2.36. The summed E-state index contributed by atoms with van der Waals surface area (Å²) in [6, 6.07) is 6.22. The summed E-state index contributed by atoms with van der Waals surface area (Å²) >= 11 is 0. The Hall–Kier alpha value is -1.22. The third-order valence-corrected chi connectivity index (χ3v) is 4.84. The van der Waals surface area contributed by atoms with Crippen LogP contribution in [-0.2, 0) is 5.54 Å². The lowest BCUT2D eigenvalue weighted by molar-refractivity contribution is 0.171. The number of nitrogens with two attached hydrogens (primary N) is 1. The molecule has 1 aromatic carbocycles. The molecule has 1 saturated carbocycles. The van der Waals surface area contributed by atoms with Gasteiger partial charge < -0.3 is 15.2 Å². The van der Waals surface area contributed by atoms with E-state index in [4.69, 9.17) is 15.2 Å². The normalized spacial score (nSPS) is 28.8. The van der Waals surface area contributed by atoms with E-state index in [2.05, 4.69) is 26.0 Å². The van der Waals surface area contributed by atoms with Gasteiger partial charge in [-0.05, 0) is 48.8 Å². The molecule has 0 radical (unpaired) electrons. The summed E-state index contributed by atoms with van der Waals surface area (Å²) in [6.45, 7) is 5.96. The van der Waals surface area contributed by atoms with Crippen LogP contribution in [0, 0.1) is 5.41 Å². The summed E-state index contributed by atoms with van der Waals surface area (Å²) in [5.74, 6) is 1.69. The van der Waals surface area contributed by atoms with Crippen molar-refractivity contribution in [2.75, 3.05) is 13.2 Å². The van der Waals surface area contributed by atoms with Crippen molar-refractivity contribution in [3.05, 3.63) is 23.8 Å². The van der Waals surface area contributed by atoms with Crippen molar-refractivity contribution in [2.45, 2.75) is 51.5 Å². The molecule has 1 unspecified atom stereocenters. The van der Waals surface area contributed by atoms with Crippen LogP contribution in [0.4, 0.5) is 0 Å². The first kappa shape index (κ1) is 13.7. The van der Waals surface area contributed by atoms with Crippen molar-refractivity contribution in [1.82, 2.24) is 0 Å². The van der Waals surface area contributed by atoms with E-state index < -0.39 is 0 Å². The molecular weight excluding hydrogens is 250 g/mol. The lowest BCUT2D eigenvalue weighted by atomic mass is 9.81. The maximum absolute atomic E-state index is 6.74. The fourth-order valence-corrected chi connectivity index (χ4v) is 3.34. The average molecular weight is 275 g/mol. The molecule has 2 N–H and O–H groups in total. The molecule has 1 atom stereocenters. The van der Waals surface area contributed by atoms with Gasteiger partial charge in [0, 0.05) is 5.54 Å². The minimum absolute atomic E-state index is 0.219. The van der Waals surface area contributed by atoms with Gasteiger partial charge in [-0.3, -0.25) is 0 Å². The number of benzene rings is 1. The molecule has 0 spiro atoms. The standard InChI is InChI=1S/C17H25NO2/c1-16(2)6-3-7-17(18,9-8-16)13-4-5-14-15(12-13)20-11-10-19-14/h4-5,12H,3,6-11,18H2,1-2H3. The molecule has 20 heavy (non-hydrogen) atoms. The van der Waals surface area contributed by atoms with Gasteiger partial charge >= 0.3 is 0 Å². The van der Waals surface area contributed by atoms with Crippen LogP contribution in [0.3, 0.4) is 0 Å². The van der Waals surface area contributed by atoms with Gasteiger partial charge in [0.25, 0.3) is 0 Å². The molecule has 3 heteroatoms. The second-order valence-electron chi connectivity index (χ2n) is 7.03. The maximum Gasteiger partial charge on any atom is 0.161 e.